The molecule has 4 nitrogen and oxygen atoms in total. The summed E-state index contributed by atoms with van der Waals surface area (Å²) in [6.07, 6.45) is 7.15. The van der Waals surface area contributed by atoms with Gasteiger partial charge in [0.2, 0.25) is 5.91 Å². The maximum absolute atomic E-state index is 11.9. The van der Waals surface area contributed by atoms with Gasteiger partial charge in [-0.1, -0.05) is 25.7 Å². The Morgan fingerprint density at radius 3 is 2.47 bits per heavy atom. The number of nitrogens with zero attached hydrogens (tertiary/aromatic N) is 1. The van der Waals surface area contributed by atoms with Gasteiger partial charge in [0, 0.05) is 13.2 Å². The normalized spacial score (nSPS) is 17.6. The second-order valence-electron chi connectivity index (χ2n) is 4.79. The van der Waals surface area contributed by atoms with Crippen molar-refractivity contribution in [3.63, 3.8) is 0 Å². The highest BCUT2D eigenvalue weighted by molar-refractivity contribution is 5.85. The molecule has 0 aromatic heterocycles. The van der Waals surface area contributed by atoms with E-state index in [1.165, 1.54) is 0 Å². The number of hydrogen-bond donors (Lipinski definition) is 2. The van der Waals surface area contributed by atoms with Gasteiger partial charge in [-0.2, -0.15) is 5.26 Å². The van der Waals surface area contributed by atoms with E-state index < -0.39 is 5.41 Å². The zero-order chi connectivity index (χ0) is 12.6. The van der Waals surface area contributed by atoms with E-state index in [0.717, 1.165) is 38.5 Å². The third-order valence-corrected chi connectivity index (χ3v) is 3.48. The highest BCUT2D eigenvalue weighted by Crippen LogP contribution is 2.37. The molecule has 17 heavy (non-hydrogen) atoms. The van der Waals surface area contributed by atoms with Crippen LogP contribution in [-0.2, 0) is 4.79 Å². The predicted molar refractivity (Wildman–Crippen MR) is 65.1 cm³/mol. The lowest BCUT2D eigenvalue weighted by atomic mass is 9.87. The average molecular weight is 238 g/mol. The summed E-state index contributed by atoms with van der Waals surface area (Å²) in [6.45, 7) is 0.887. The molecular formula is C13H22N2O2. The maximum atomic E-state index is 11.9. The first-order valence-electron chi connectivity index (χ1n) is 6.55. The lowest BCUT2D eigenvalue weighted by molar-refractivity contribution is -0.127. The smallest absolute Gasteiger partial charge is 0.240 e. The molecule has 1 saturated carbocycles. The molecule has 0 aromatic carbocycles. The Balaban J connectivity index is 2.18. The number of nitriles is 1. The first-order chi connectivity index (χ1) is 8.25. The fourth-order valence-corrected chi connectivity index (χ4v) is 2.33. The van der Waals surface area contributed by atoms with Crippen LogP contribution in [0.25, 0.3) is 0 Å². The summed E-state index contributed by atoms with van der Waals surface area (Å²) in [7, 11) is 0. The molecule has 0 atom stereocenters. The standard InChI is InChI=1S/C13H22N2O2/c14-11-13(7-3-4-8-13)12(17)15-9-5-1-2-6-10-16/h16H,1-10H2,(H,15,17). The number of amides is 1. The second kappa shape index (κ2) is 7.29. The van der Waals surface area contributed by atoms with Crippen LogP contribution in [0.1, 0.15) is 51.4 Å². The van der Waals surface area contributed by atoms with Gasteiger partial charge in [-0.25, -0.2) is 0 Å². The minimum atomic E-state index is -0.745. The van der Waals surface area contributed by atoms with E-state index in [-0.39, 0.29) is 12.5 Å². The van der Waals surface area contributed by atoms with E-state index in [1.807, 2.05) is 0 Å². The lowest BCUT2D eigenvalue weighted by Gasteiger charge is -2.19. The van der Waals surface area contributed by atoms with Crippen molar-refractivity contribution in [2.24, 2.45) is 5.41 Å². The maximum Gasteiger partial charge on any atom is 0.240 e. The van der Waals surface area contributed by atoms with Crippen molar-refractivity contribution in [1.29, 1.82) is 5.26 Å². The highest BCUT2D eigenvalue weighted by Gasteiger charge is 2.41. The molecule has 1 aliphatic carbocycles. The van der Waals surface area contributed by atoms with E-state index in [4.69, 9.17) is 10.4 Å². The molecule has 1 rings (SSSR count). The molecule has 0 aromatic rings. The summed E-state index contributed by atoms with van der Waals surface area (Å²) >= 11 is 0. The number of aliphatic hydroxyl groups is 1. The van der Waals surface area contributed by atoms with Crippen molar-refractivity contribution in [3.05, 3.63) is 0 Å². The van der Waals surface area contributed by atoms with Crippen LogP contribution >= 0.6 is 0 Å². The quantitative estimate of drug-likeness (QED) is 0.663. The van der Waals surface area contributed by atoms with Crippen LogP contribution in [0.2, 0.25) is 0 Å². The van der Waals surface area contributed by atoms with E-state index >= 15 is 0 Å². The summed E-state index contributed by atoms with van der Waals surface area (Å²) in [5.41, 5.74) is -0.745. The molecular weight excluding hydrogens is 216 g/mol. The zero-order valence-electron chi connectivity index (χ0n) is 10.4. The van der Waals surface area contributed by atoms with Crippen molar-refractivity contribution in [2.75, 3.05) is 13.2 Å². The predicted octanol–water partition coefficient (Wildman–Crippen LogP) is 1.74. The number of aliphatic hydroxyl groups excluding tert-OH is 1. The van der Waals surface area contributed by atoms with Crippen molar-refractivity contribution in [1.82, 2.24) is 5.32 Å². The molecule has 1 aliphatic rings. The van der Waals surface area contributed by atoms with Gasteiger partial charge in [-0.15, -0.1) is 0 Å². The van der Waals surface area contributed by atoms with Crippen LogP contribution in [0.4, 0.5) is 0 Å². The summed E-state index contributed by atoms with van der Waals surface area (Å²) < 4.78 is 0. The van der Waals surface area contributed by atoms with Crippen LogP contribution in [-0.4, -0.2) is 24.2 Å². The highest BCUT2D eigenvalue weighted by atomic mass is 16.2. The van der Waals surface area contributed by atoms with Crippen LogP contribution in [0.3, 0.4) is 0 Å². The Morgan fingerprint density at radius 2 is 1.88 bits per heavy atom. The van der Waals surface area contributed by atoms with E-state index in [0.29, 0.717) is 19.4 Å². The Hall–Kier alpha value is -1.08. The fraction of sp³-hybridized carbons (Fsp3) is 0.846. The minimum Gasteiger partial charge on any atom is -0.396 e. The van der Waals surface area contributed by atoms with E-state index in [1.54, 1.807) is 0 Å². The summed E-state index contributed by atoms with van der Waals surface area (Å²) in [5.74, 6) is -0.0836. The van der Waals surface area contributed by atoms with Gasteiger partial charge in [0.05, 0.1) is 6.07 Å². The van der Waals surface area contributed by atoms with Gasteiger partial charge in [-0.05, 0) is 25.7 Å². The Kier molecular flexibility index (Phi) is 5.99. The topological polar surface area (TPSA) is 73.1 Å². The molecule has 0 heterocycles. The largest absolute Gasteiger partial charge is 0.396 e. The number of nitrogens with one attached hydrogen (secondary N) is 1. The molecule has 4 heteroatoms. The van der Waals surface area contributed by atoms with Gasteiger partial charge >= 0.3 is 0 Å². The molecule has 0 spiro atoms. The third-order valence-electron chi connectivity index (χ3n) is 3.48. The van der Waals surface area contributed by atoms with Crippen molar-refractivity contribution in [3.8, 4) is 6.07 Å². The zero-order valence-corrected chi connectivity index (χ0v) is 10.4. The average Bonchev–Trinajstić information content (AvgIpc) is 2.83. The minimum absolute atomic E-state index is 0.0836. The molecule has 0 aliphatic heterocycles. The van der Waals surface area contributed by atoms with Gasteiger partial charge < -0.3 is 10.4 Å². The Morgan fingerprint density at radius 1 is 1.24 bits per heavy atom. The fourth-order valence-electron chi connectivity index (χ4n) is 2.33. The number of hydrogen-bond acceptors (Lipinski definition) is 3. The van der Waals surface area contributed by atoms with Crippen molar-refractivity contribution < 1.29 is 9.90 Å². The first-order valence-corrected chi connectivity index (χ1v) is 6.55. The second-order valence-corrected chi connectivity index (χ2v) is 4.79. The number of carbonyl (C=O) groups is 1. The van der Waals surface area contributed by atoms with Crippen molar-refractivity contribution >= 4 is 5.91 Å². The van der Waals surface area contributed by atoms with Crippen LogP contribution in [0.15, 0.2) is 0 Å². The monoisotopic (exact) mass is 238 g/mol. The number of unbranched alkanes of at least 4 members (excludes halogenated alkanes) is 3. The Labute approximate surface area is 103 Å². The number of carbonyl (C=O) groups excluding carboxylic acids is 1. The van der Waals surface area contributed by atoms with Crippen LogP contribution in [0, 0.1) is 16.7 Å². The lowest BCUT2D eigenvalue weighted by Crippen LogP contribution is -2.38. The third kappa shape index (κ3) is 4.01. The van der Waals surface area contributed by atoms with Gasteiger partial charge in [0.1, 0.15) is 5.41 Å². The molecule has 0 radical (unpaired) electrons. The molecule has 1 fully saturated rings. The molecule has 96 valence electrons. The molecule has 2 N–H and O–H groups in total. The van der Waals surface area contributed by atoms with E-state index in [2.05, 4.69) is 11.4 Å². The SMILES string of the molecule is N#CC1(C(=O)NCCCCCCO)CCCC1. The number of rotatable bonds is 7. The molecule has 0 unspecified atom stereocenters. The Bertz CT molecular complexity index is 278. The molecule has 0 saturated heterocycles. The van der Waals surface area contributed by atoms with Gasteiger partial charge in [0.25, 0.3) is 0 Å². The van der Waals surface area contributed by atoms with Crippen LogP contribution < -0.4 is 5.32 Å². The molecule has 1 amide bonds. The molecule has 0 bridgehead atoms. The summed E-state index contributed by atoms with van der Waals surface area (Å²) in [6, 6.07) is 2.19. The van der Waals surface area contributed by atoms with Gasteiger partial charge in [-0.3, -0.25) is 4.79 Å². The van der Waals surface area contributed by atoms with Crippen LogP contribution in [0.5, 0.6) is 0 Å². The van der Waals surface area contributed by atoms with Crippen molar-refractivity contribution in [2.45, 2.75) is 51.4 Å². The van der Waals surface area contributed by atoms with E-state index in [9.17, 15) is 4.79 Å². The summed E-state index contributed by atoms with van der Waals surface area (Å²) in [5, 5.41) is 20.6. The summed E-state index contributed by atoms with van der Waals surface area (Å²) in [4.78, 5) is 11.9. The first kappa shape index (κ1) is 14.0. The van der Waals surface area contributed by atoms with Gasteiger partial charge in [0.15, 0.2) is 0 Å².